The van der Waals surface area contributed by atoms with E-state index in [0.29, 0.717) is 23.6 Å². The molecule has 3 heterocycles. The van der Waals surface area contributed by atoms with Gasteiger partial charge in [0.25, 0.3) is 11.6 Å². The molecule has 0 saturated heterocycles. The van der Waals surface area contributed by atoms with E-state index < -0.39 is 20.7 Å². The molecule has 190 valence electrons. The normalized spacial score (nSPS) is 16.0. The SMILES string of the molecule is COCCNC1CS(=O)(=O)c2cc(NC(=O)c3cc([N+](=O)[O-])c(Sc4c(Cl)cncc4Cl)s3)ccc21. The first kappa shape index (κ1) is 26.8. The van der Waals surface area contributed by atoms with E-state index in [1.54, 1.807) is 19.2 Å². The third-order valence-electron chi connectivity index (χ3n) is 5.17. The van der Waals surface area contributed by atoms with Crippen LogP contribution in [0.4, 0.5) is 11.4 Å². The molecule has 1 unspecified atom stereocenters. The fraction of sp³-hybridized carbons (Fsp3) is 0.238. The summed E-state index contributed by atoms with van der Waals surface area (Å²) in [6.07, 6.45) is 2.73. The number of carbonyl (C=O) groups excluding carboxylic acids is 1. The van der Waals surface area contributed by atoms with Crippen LogP contribution in [0.25, 0.3) is 0 Å². The first-order chi connectivity index (χ1) is 17.1. The summed E-state index contributed by atoms with van der Waals surface area (Å²) in [5.74, 6) is -0.714. The molecule has 0 aliphatic carbocycles. The molecule has 15 heteroatoms. The molecule has 1 aliphatic rings. The van der Waals surface area contributed by atoms with Gasteiger partial charge in [-0.3, -0.25) is 19.9 Å². The Labute approximate surface area is 224 Å². The van der Waals surface area contributed by atoms with Gasteiger partial charge in [-0.05, 0) is 17.7 Å². The zero-order chi connectivity index (χ0) is 26.0. The fourth-order valence-corrected chi connectivity index (χ4v) is 8.08. The average Bonchev–Trinajstić information content (AvgIpc) is 3.35. The standard InChI is InChI=1S/C21H18Cl2N4O6S3/c1-33-5-4-25-15-10-36(31,32)18-6-11(2-3-12(15)18)26-20(28)17-7-16(27(29)30)21(34-17)35-19-13(22)8-24-9-14(19)23/h2-3,6-9,15,25H,4-5,10H2,1H3,(H,26,28). The predicted octanol–water partition coefficient (Wildman–Crippen LogP) is 4.83. The van der Waals surface area contributed by atoms with E-state index in [-0.39, 0.29) is 47.2 Å². The molecule has 36 heavy (non-hydrogen) atoms. The number of thiophene rings is 1. The molecule has 2 aromatic heterocycles. The van der Waals surface area contributed by atoms with Crippen molar-refractivity contribution in [1.29, 1.82) is 0 Å². The van der Waals surface area contributed by atoms with Crippen molar-refractivity contribution in [3.63, 3.8) is 0 Å². The number of nitrogens with one attached hydrogen (secondary N) is 2. The quantitative estimate of drug-likeness (QED) is 0.204. The number of benzene rings is 1. The minimum Gasteiger partial charge on any atom is -0.383 e. The van der Waals surface area contributed by atoms with Crippen molar-refractivity contribution in [2.24, 2.45) is 0 Å². The molecule has 2 N–H and O–H groups in total. The summed E-state index contributed by atoms with van der Waals surface area (Å²) in [7, 11) is -1.99. The largest absolute Gasteiger partial charge is 0.383 e. The summed E-state index contributed by atoms with van der Waals surface area (Å²) in [6, 6.07) is 5.42. The highest BCUT2D eigenvalue weighted by Gasteiger charge is 2.35. The number of ether oxygens (including phenoxy) is 1. The molecule has 1 aromatic carbocycles. The number of methoxy groups -OCH3 is 1. The number of aromatic nitrogens is 1. The Morgan fingerprint density at radius 3 is 2.69 bits per heavy atom. The highest BCUT2D eigenvalue weighted by atomic mass is 35.5. The number of pyridine rings is 1. The first-order valence-electron chi connectivity index (χ1n) is 10.3. The molecule has 0 radical (unpaired) electrons. The van der Waals surface area contributed by atoms with Crippen molar-refractivity contribution in [3.05, 3.63) is 67.3 Å². The number of hydrogen-bond donors (Lipinski definition) is 2. The minimum absolute atomic E-state index is 0.0629. The number of rotatable bonds is 9. The molecule has 4 rings (SSSR count). The van der Waals surface area contributed by atoms with Gasteiger partial charge in [0, 0.05) is 43.8 Å². The van der Waals surface area contributed by atoms with Crippen LogP contribution in [0.15, 0.2) is 50.7 Å². The van der Waals surface area contributed by atoms with Crippen LogP contribution in [0.1, 0.15) is 21.3 Å². The van der Waals surface area contributed by atoms with Crippen LogP contribution in [0.3, 0.4) is 0 Å². The lowest BCUT2D eigenvalue weighted by molar-refractivity contribution is -0.387. The molecule has 1 amide bonds. The lowest BCUT2D eigenvalue weighted by Gasteiger charge is -2.12. The number of nitro groups is 1. The summed E-state index contributed by atoms with van der Waals surface area (Å²) >= 11 is 14.1. The third kappa shape index (κ3) is 5.67. The van der Waals surface area contributed by atoms with E-state index in [2.05, 4.69) is 15.6 Å². The summed E-state index contributed by atoms with van der Waals surface area (Å²) in [6.45, 7) is 0.925. The Balaban J connectivity index is 1.57. The number of fused-ring (bicyclic) bond motifs is 1. The van der Waals surface area contributed by atoms with Crippen LogP contribution >= 0.6 is 46.3 Å². The summed E-state index contributed by atoms with van der Waals surface area (Å²) in [5, 5.41) is 17.8. The van der Waals surface area contributed by atoms with E-state index in [0.717, 1.165) is 29.2 Å². The van der Waals surface area contributed by atoms with Crippen molar-refractivity contribution < 1.29 is 22.9 Å². The van der Waals surface area contributed by atoms with Gasteiger partial charge in [-0.2, -0.15) is 0 Å². The van der Waals surface area contributed by atoms with Crippen molar-refractivity contribution in [2.75, 3.05) is 31.3 Å². The Bertz CT molecular complexity index is 1430. The number of halogens is 2. The Hall–Kier alpha value is -2.26. The Morgan fingerprint density at radius 2 is 2.03 bits per heavy atom. The molecule has 0 spiro atoms. The fourth-order valence-electron chi connectivity index (χ4n) is 3.53. The third-order valence-corrected chi connectivity index (χ3v) is 10.2. The molecular weight excluding hydrogens is 571 g/mol. The van der Waals surface area contributed by atoms with Gasteiger partial charge in [0.15, 0.2) is 9.84 Å². The lowest BCUT2D eigenvalue weighted by Crippen LogP contribution is -2.26. The molecule has 1 aliphatic heterocycles. The second-order valence-electron chi connectivity index (χ2n) is 7.56. The lowest BCUT2D eigenvalue weighted by atomic mass is 10.1. The van der Waals surface area contributed by atoms with Gasteiger partial charge in [0.2, 0.25) is 0 Å². The van der Waals surface area contributed by atoms with Crippen molar-refractivity contribution in [2.45, 2.75) is 20.0 Å². The van der Waals surface area contributed by atoms with Crippen LogP contribution in [0.2, 0.25) is 10.0 Å². The van der Waals surface area contributed by atoms with E-state index in [4.69, 9.17) is 27.9 Å². The number of nitrogens with zero attached hydrogens (tertiary/aromatic N) is 2. The second-order valence-corrected chi connectivity index (χ2v) is 12.7. The topological polar surface area (TPSA) is 141 Å². The van der Waals surface area contributed by atoms with Gasteiger partial charge in [0.05, 0.1) is 37.1 Å². The van der Waals surface area contributed by atoms with Gasteiger partial charge in [-0.15, -0.1) is 11.3 Å². The van der Waals surface area contributed by atoms with Crippen LogP contribution in [0, 0.1) is 10.1 Å². The van der Waals surface area contributed by atoms with E-state index in [9.17, 15) is 23.3 Å². The van der Waals surface area contributed by atoms with E-state index >= 15 is 0 Å². The maximum Gasteiger partial charge on any atom is 0.294 e. The highest BCUT2D eigenvalue weighted by molar-refractivity contribution is 8.01. The zero-order valence-corrected chi connectivity index (χ0v) is 22.4. The van der Waals surface area contributed by atoms with Crippen LogP contribution in [-0.2, 0) is 14.6 Å². The Kier molecular flexibility index (Phi) is 8.19. The maximum absolute atomic E-state index is 12.9. The molecule has 0 saturated carbocycles. The summed E-state index contributed by atoms with van der Waals surface area (Å²) < 4.78 is 30.5. The number of anilines is 1. The van der Waals surface area contributed by atoms with Gasteiger partial charge in [0.1, 0.15) is 9.09 Å². The minimum atomic E-state index is -3.55. The second kappa shape index (κ2) is 11.0. The average molecular weight is 590 g/mol. The maximum atomic E-state index is 12.9. The Morgan fingerprint density at radius 1 is 1.31 bits per heavy atom. The molecule has 3 aromatic rings. The predicted molar refractivity (Wildman–Crippen MR) is 138 cm³/mol. The van der Waals surface area contributed by atoms with Crippen LogP contribution in [0.5, 0.6) is 0 Å². The molecule has 0 bridgehead atoms. The first-order valence-corrected chi connectivity index (χ1v) is 14.3. The van der Waals surface area contributed by atoms with E-state index in [1.165, 1.54) is 18.5 Å². The monoisotopic (exact) mass is 588 g/mol. The number of amides is 1. The molecule has 0 fully saturated rings. The highest BCUT2D eigenvalue weighted by Crippen LogP contribution is 2.46. The van der Waals surface area contributed by atoms with Gasteiger partial charge < -0.3 is 15.4 Å². The summed E-state index contributed by atoms with van der Waals surface area (Å²) in [4.78, 5) is 28.4. The number of sulfone groups is 1. The van der Waals surface area contributed by atoms with Crippen molar-refractivity contribution in [3.8, 4) is 0 Å². The number of hydrogen-bond acceptors (Lipinski definition) is 10. The molecule has 1 atom stereocenters. The van der Waals surface area contributed by atoms with Gasteiger partial charge in [-0.25, -0.2) is 8.42 Å². The smallest absolute Gasteiger partial charge is 0.294 e. The van der Waals surface area contributed by atoms with Crippen LogP contribution in [-0.4, -0.2) is 50.2 Å². The van der Waals surface area contributed by atoms with Gasteiger partial charge >= 0.3 is 0 Å². The van der Waals surface area contributed by atoms with Crippen LogP contribution < -0.4 is 10.6 Å². The van der Waals surface area contributed by atoms with Crippen molar-refractivity contribution in [1.82, 2.24) is 10.3 Å². The summed E-state index contributed by atoms with van der Waals surface area (Å²) in [5.41, 5.74) is 0.589. The van der Waals surface area contributed by atoms with E-state index in [1.807, 2.05) is 0 Å². The zero-order valence-electron chi connectivity index (χ0n) is 18.5. The molecule has 10 nitrogen and oxygen atoms in total. The molecular formula is C21H18Cl2N4O6S3. The van der Waals surface area contributed by atoms with Gasteiger partial charge in [-0.1, -0.05) is 41.0 Å². The number of carbonyl (C=O) groups is 1. The van der Waals surface area contributed by atoms with Crippen molar-refractivity contribution >= 4 is 73.4 Å².